The highest BCUT2D eigenvalue weighted by Crippen LogP contribution is 2.38. The molecule has 1 aliphatic carbocycles. The highest BCUT2D eigenvalue weighted by Gasteiger charge is 2.35. The molecule has 5 rings (SSSR count). The number of hydrogen-bond donors (Lipinski definition) is 1. The van der Waals surface area contributed by atoms with Crippen molar-refractivity contribution in [2.75, 3.05) is 18.0 Å². The first kappa shape index (κ1) is 15.6. The molecule has 0 spiro atoms. The van der Waals surface area contributed by atoms with Crippen LogP contribution in [-0.4, -0.2) is 32.7 Å². The topological polar surface area (TPSA) is 66.3 Å². The number of aromatic nitrogens is 4. The Kier molecular flexibility index (Phi) is 3.58. The lowest BCUT2D eigenvalue weighted by molar-refractivity contribution is 0.415. The van der Waals surface area contributed by atoms with Gasteiger partial charge in [-0.25, -0.2) is 4.98 Å². The lowest BCUT2D eigenvalue weighted by atomic mass is 9.99. The van der Waals surface area contributed by atoms with Crippen LogP contribution in [0.1, 0.15) is 31.9 Å². The molecule has 3 heterocycles. The second-order valence-electron chi connectivity index (χ2n) is 7.59. The average molecular weight is 349 g/mol. The summed E-state index contributed by atoms with van der Waals surface area (Å²) in [5.74, 6) is 2.92. The van der Waals surface area contributed by atoms with Crippen LogP contribution in [0.5, 0.6) is 0 Å². The van der Waals surface area contributed by atoms with Crippen LogP contribution in [0, 0.1) is 11.8 Å². The number of aryl methyl sites for hydroxylation is 1. The minimum Gasteiger partial charge on any atom is -0.340 e. The van der Waals surface area contributed by atoms with E-state index in [-0.39, 0.29) is 5.56 Å². The van der Waals surface area contributed by atoms with E-state index in [2.05, 4.69) is 9.88 Å². The van der Waals surface area contributed by atoms with Crippen molar-refractivity contribution in [2.24, 2.45) is 11.8 Å². The number of hydrogen-bond acceptors (Lipinski definition) is 4. The summed E-state index contributed by atoms with van der Waals surface area (Å²) in [7, 11) is 0. The molecule has 0 unspecified atom stereocenters. The van der Waals surface area contributed by atoms with Gasteiger partial charge >= 0.3 is 0 Å². The summed E-state index contributed by atoms with van der Waals surface area (Å²) in [4.78, 5) is 22.9. The van der Waals surface area contributed by atoms with Crippen molar-refractivity contribution in [1.82, 2.24) is 19.6 Å². The summed E-state index contributed by atoms with van der Waals surface area (Å²) >= 11 is 0. The van der Waals surface area contributed by atoms with E-state index in [1.54, 1.807) is 4.52 Å². The van der Waals surface area contributed by atoms with Crippen LogP contribution in [0.25, 0.3) is 16.9 Å². The Bertz CT molecular complexity index is 994. The number of piperidine rings is 1. The monoisotopic (exact) mass is 349 g/mol. The Morgan fingerprint density at radius 3 is 2.58 bits per heavy atom. The molecule has 3 aromatic rings. The van der Waals surface area contributed by atoms with E-state index in [0.29, 0.717) is 11.3 Å². The Morgan fingerprint density at radius 1 is 1.15 bits per heavy atom. The van der Waals surface area contributed by atoms with E-state index in [4.69, 9.17) is 10.1 Å². The van der Waals surface area contributed by atoms with Crippen LogP contribution in [0.2, 0.25) is 0 Å². The molecule has 1 saturated heterocycles. The smallest absolute Gasteiger partial charge is 0.277 e. The Morgan fingerprint density at radius 2 is 1.88 bits per heavy atom. The van der Waals surface area contributed by atoms with Crippen LogP contribution in [0.3, 0.4) is 0 Å². The second-order valence-corrected chi connectivity index (χ2v) is 7.59. The third kappa shape index (κ3) is 2.43. The standard InChI is InChI=1S/C20H23N5O/c1-2-16-17-19(26)22-18(15-6-4-3-5-7-15)23-25(17)20(21-16)24-11-13-8-9-14(10-13)12-24/h3-7,13-14H,2,8-12H2,1H3,(H,22,23,26)/t13-,14+. The van der Waals surface area contributed by atoms with Gasteiger partial charge in [-0.3, -0.25) is 4.79 Å². The van der Waals surface area contributed by atoms with Crippen molar-refractivity contribution in [3.8, 4) is 11.4 Å². The van der Waals surface area contributed by atoms with Gasteiger partial charge in [0, 0.05) is 18.7 Å². The van der Waals surface area contributed by atoms with Crippen molar-refractivity contribution in [3.05, 3.63) is 46.4 Å². The molecule has 0 amide bonds. The second kappa shape index (κ2) is 5.97. The molecular formula is C20H23N5O. The third-order valence-electron chi connectivity index (χ3n) is 5.83. The summed E-state index contributed by atoms with van der Waals surface area (Å²) in [6.07, 6.45) is 4.69. The maximum absolute atomic E-state index is 12.8. The molecule has 1 N–H and O–H groups in total. The number of aromatic amines is 1. The first-order chi connectivity index (χ1) is 12.7. The molecule has 1 saturated carbocycles. The molecule has 6 nitrogen and oxygen atoms in total. The van der Waals surface area contributed by atoms with Crippen LogP contribution in [0.15, 0.2) is 35.1 Å². The van der Waals surface area contributed by atoms with Gasteiger partial charge in [0.25, 0.3) is 5.56 Å². The van der Waals surface area contributed by atoms with Gasteiger partial charge in [0.2, 0.25) is 5.95 Å². The summed E-state index contributed by atoms with van der Waals surface area (Å²) in [6.45, 7) is 4.08. The number of benzene rings is 1. The third-order valence-corrected chi connectivity index (χ3v) is 5.83. The molecule has 6 heteroatoms. The average Bonchev–Trinajstić information content (AvgIpc) is 3.22. The zero-order chi connectivity index (χ0) is 17.7. The van der Waals surface area contributed by atoms with Crippen LogP contribution >= 0.6 is 0 Å². The zero-order valence-corrected chi connectivity index (χ0v) is 15.0. The molecule has 1 aromatic carbocycles. The summed E-state index contributed by atoms with van der Waals surface area (Å²) < 4.78 is 1.78. The molecule has 0 radical (unpaired) electrons. The minimum absolute atomic E-state index is 0.116. The first-order valence-electron chi connectivity index (χ1n) is 9.55. The Balaban J connectivity index is 1.68. The molecule has 26 heavy (non-hydrogen) atoms. The summed E-state index contributed by atoms with van der Waals surface area (Å²) in [5, 5.41) is 4.78. The fourth-order valence-electron chi connectivity index (χ4n) is 4.61. The van der Waals surface area contributed by atoms with Gasteiger partial charge < -0.3 is 9.88 Å². The van der Waals surface area contributed by atoms with Crippen molar-refractivity contribution in [1.29, 1.82) is 0 Å². The number of nitrogens with zero attached hydrogens (tertiary/aromatic N) is 4. The fourth-order valence-corrected chi connectivity index (χ4v) is 4.61. The van der Waals surface area contributed by atoms with E-state index in [1.165, 1.54) is 19.3 Å². The Hall–Kier alpha value is -2.63. The Labute approximate surface area is 151 Å². The SMILES string of the molecule is CCc1nc(N2C[C@@H]3CC[C@@H](C3)C2)n2nc(-c3ccccc3)[nH]c(=O)c12. The maximum Gasteiger partial charge on any atom is 0.277 e. The number of fused-ring (bicyclic) bond motifs is 3. The van der Waals surface area contributed by atoms with Gasteiger partial charge in [-0.15, -0.1) is 5.10 Å². The number of nitrogens with one attached hydrogen (secondary N) is 1. The first-order valence-corrected chi connectivity index (χ1v) is 9.55. The van der Waals surface area contributed by atoms with E-state index in [9.17, 15) is 4.79 Å². The summed E-state index contributed by atoms with van der Waals surface area (Å²) in [6, 6.07) is 9.79. The van der Waals surface area contributed by atoms with Gasteiger partial charge in [0.15, 0.2) is 11.3 Å². The number of H-pyrrole nitrogens is 1. The van der Waals surface area contributed by atoms with Crippen LogP contribution in [-0.2, 0) is 6.42 Å². The molecule has 2 atom stereocenters. The lowest BCUT2D eigenvalue weighted by Gasteiger charge is -2.31. The maximum atomic E-state index is 12.8. The number of anilines is 1. The fraction of sp³-hybridized carbons (Fsp3) is 0.450. The largest absolute Gasteiger partial charge is 0.340 e. The van der Waals surface area contributed by atoms with E-state index < -0.39 is 0 Å². The molecule has 2 bridgehead atoms. The molecular weight excluding hydrogens is 326 g/mol. The minimum atomic E-state index is -0.116. The highest BCUT2D eigenvalue weighted by atomic mass is 16.1. The highest BCUT2D eigenvalue weighted by molar-refractivity contribution is 5.61. The van der Waals surface area contributed by atoms with Crippen molar-refractivity contribution in [3.63, 3.8) is 0 Å². The van der Waals surface area contributed by atoms with Gasteiger partial charge in [-0.05, 0) is 37.5 Å². The van der Waals surface area contributed by atoms with Gasteiger partial charge in [0.1, 0.15) is 0 Å². The van der Waals surface area contributed by atoms with Gasteiger partial charge in [-0.2, -0.15) is 4.52 Å². The van der Waals surface area contributed by atoms with Gasteiger partial charge in [0.05, 0.1) is 5.69 Å². The van der Waals surface area contributed by atoms with E-state index >= 15 is 0 Å². The molecule has 1 aliphatic heterocycles. The number of imidazole rings is 1. The molecule has 134 valence electrons. The lowest BCUT2D eigenvalue weighted by Crippen LogP contribution is -2.38. The molecule has 2 aromatic heterocycles. The zero-order valence-electron chi connectivity index (χ0n) is 15.0. The quantitative estimate of drug-likeness (QED) is 0.790. The van der Waals surface area contributed by atoms with Crippen molar-refractivity contribution >= 4 is 11.5 Å². The van der Waals surface area contributed by atoms with E-state index in [0.717, 1.165) is 48.6 Å². The molecule has 2 fully saturated rings. The predicted molar refractivity (Wildman–Crippen MR) is 101 cm³/mol. The van der Waals surface area contributed by atoms with Crippen LogP contribution in [0.4, 0.5) is 5.95 Å². The van der Waals surface area contributed by atoms with Crippen LogP contribution < -0.4 is 10.5 Å². The number of rotatable bonds is 3. The summed E-state index contributed by atoms with van der Waals surface area (Å²) in [5.41, 5.74) is 2.20. The predicted octanol–water partition coefficient (Wildman–Crippen LogP) is 2.88. The molecule has 2 aliphatic rings. The normalized spacial score (nSPS) is 22.3. The van der Waals surface area contributed by atoms with Gasteiger partial charge in [-0.1, -0.05) is 37.3 Å². The van der Waals surface area contributed by atoms with E-state index in [1.807, 2.05) is 37.3 Å². The van der Waals surface area contributed by atoms with Crippen molar-refractivity contribution < 1.29 is 0 Å². The van der Waals surface area contributed by atoms with Crippen molar-refractivity contribution in [2.45, 2.75) is 32.6 Å².